The molecular formula is C24H17F3N2O4. The van der Waals surface area contributed by atoms with E-state index in [1.807, 2.05) is 0 Å². The van der Waals surface area contributed by atoms with Gasteiger partial charge in [-0.25, -0.2) is 4.90 Å². The van der Waals surface area contributed by atoms with Crippen LogP contribution in [0.1, 0.15) is 5.56 Å². The van der Waals surface area contributed by atoms with Gasteiger partial charge in [0, 0.05) is 5.69 Å². The summed E-state index contributed by atoms with van der Waals surface area (Å²) in [5, 5.41) is 2.89. The van der Waals surface area contributed by atoms with Crippen LogP contribution in [-0.4, -0.2) is 25.3 Å². The Morgan fingerprint density at radius 3 is 1.97 bits per heavy atom. The van der Waals surface area contributed by atoms with Crippen molar-refractivity contribution in [3.63, 3.8) is 0 Å². The van der Waals surface area contributed by atoms with Gasteiger partial charge in [-0.1, -0.05) is 30.3 Å². The molecule has 168 valence electrons. The number of methoxy groups -OCH3 is 1. The van der Waals surface area contributed by atoms with E-state index in [-0.39, 0.29) is 11.3 Å². The van der Waals surface area contributed by atoms with Crippen molar-refractivity contribution < 1.29 is 32.2 Å². The molecule has 1 aliphatic heterocycles. The lowest BCUT2D eigenvalue weighted by molar-refractivity contribution is -0.274. The number of rotatable bonds is 6. The summed E-state index contributed by atoms with van der Waals surface area (Å²) in [5.74, 6) is -0.969. The molecule has 0 saturated carbocycles. The molecule has 9 heteroatoms. The van der Waals surface area contributed by atoms with Crippen LogP contribution in [0, 0.1) is 0 Å². The number of imide groups is 1. The number of carbonyl (C=O) groups excluding carboxylic acids is 2. The Bertz CT molecular complexity index is 1210. The van der Waals surface area contributed by atoms with E-state index in [0.717, 1.165) is 17.0 Å². The molecule has 0 radical (unpaired) electrons. The summed E-state index contributed by atoms with van der Waals surface area (Å²) in [6, 6.07) is 19.9. The summed E-state index contributed by atoms with van der Waals surface area (Å²) < 4.78 is 46.2. The lowest BCUT2D eigenvalue weighted by atomic mass is 10.0. The van der Waals surface area contributed by atoms with E-state index in [4.69, 9.17) is 4.74 Å². The smallest absolute Gasteiger partial charge is 0.497 e. The number of hydrogen-bond acceptors (Lipinski definition) is 5. The number of alkyl halides is 3. The molecule has 0 unspecified atom stereocenters. The largest absolute Gasteiger partial charge is 0.573 e. The maximum Gasteiger partial charge on any atom is 0.573 e. The SMILES string of the molecule is COc1ccc(N2C(=O)C(Nc3ccc(OC(F)(F)F)cc3)=C(c3ccccc3)C2=O)cc1. The van der Waals surface area contributed by atoms with Gasteiger partial charge in [-0.3, -0.25) is 9.59 Å². The second-order valence-electron chi connectivity index (χ2n) is 6.96. The Morgan fingerprint density at radius 2 is 1.39 bits per heavy atom. The topological polar surface area (TPSA) is 67.9 Å². The Balaban J connectivity index is 1.69. The zero-order chi connectivity index (χ0) is 23.6. The first-order valence-electron chi connectivity index (χ1n) is 9.72. The predicted octanol–water partition coefficient (Wildman–Crippen LogP) is 4.99. The highest BCUT2D eigenvalue weighted by Crippen LogP contribution is 2.34. The van der Waals surface area contributed by atoms with Crippen LogP contribution in [0.25, 0.3) is 5.57 Å². The van der Waals surface area contributed by atoms with Gasteiger partial charge in [-0.2, -0.15) is 0 Å². The number of halogens is 3. The molecule has 1 N–H and O–H groups in total. The van der Waals surface area contributed by atoms with Crippen molar-refractivity contribution >= 4 is 28.8 Å². The first-order valence-corrected chi connectivity index (χ1v) is 9.72. The highest BCUT2D eigenvalue weighted by atomic mass is 19.4. The van der Waals surface area contributed by atoms with Crippen LogP contribution in [0.5, 0.6) is 11.5 Å². The molecular weight excluding hydrogens is 437 g/mol. The number of hydrogen-bond donors (Lipinski definition) is 1. The van der Waals surface area contributed by atoms with Gasteiger partial charge in [0.1, 0.15) is 17.2 Å². The quantitative estimate of drug-likeness (QED) is 0.532. The summed E-state index contributed by atoms with van der Waals surface area (Å²) in [6.45, 7) is 0. The van der Waals surface area contributed by atoms with Crippen LogP contribution >= 0.6 is 0 Å². The van der Waals surface area contributed by atoms with Gasteiger partial charge in [0.05, 0.1) is 18.4 Å². The number of ether oxygens (including phenoxy) is 2. The van der Waals surface area contributed by atoms with Crippen molar-refractivity contribution in [1.82, 2.24) is 0 Å². The fraction of sp³-hybridized carbons (Fsp3) is 0.0833. The third kappa shape index (κ3) is 4.67. The second-order valence-corrected chi connectivity index (χ2v) is 6.96. The van der Waals surface area contributed by atoms with Crippen LogP contribution in [0.2, 0.25) is 0 Å². The highest BCUT2D eigenvalue weighted by molar-refractivity contribution is 6.46. The molecule has 0 aliphatic carbocycles. The lowest BCUT2D eigenvalue weighted by Crippen LogP contribution is -2.32. The normalized spacial score (nSPS) is 14.0. The van der Waals surface area contributed by atoms with Gasteiger partial charge in [0.15, 0.2) is 0 Å². The fourth-order valence-corrected chi connectivity index (χ4v) is 3.37. The van der Waals surface area contributed by atoms with E-state index in [1.165, 1.54) is 19.2 Å². The van der Waals surface area contributed by atoms with E-state index in [9.17, 15) is 22.8 Å². The first kappa shape index (κ1) is 21.9. The van der Waals surface area contributed by atoms with Gasteiger partial charge in [-0.15, -0.1) is 13.2 Å². The molecule has 0 spiro atoms. The van der Waals surface area contributed by atoms with Crippen LogP contribution in [0.4, 0.5) is 24.5 Å². The van der Waals surface area contributed by atoms with E-state index in [0.29, 0.717) is 22.7 Å². The minimum absolute atomic E-state index is 0.00603. The number of anilines is 2. The Kier molecular flexibility index (Phi) is 5.78. The first-order chi connectivity index (χ1) is 15.8. The molecule has 33 heavy (non-hydrogen) atoms. The number of amides is 2. The zero-order valence-corrected chi connectivity index (χ0v) is 17.2. The Labute approximate surface area is 186 Å². The summed E-state index contributed by atoms with van der Waals surface area (Å²) >= 11 is 0. The van der Waals surface area contributed by atoms with Crippen molar-refractivity contribution in [3.05, 3.63) is 90.1 Å². The average Bonchev–Trinajstić information content (AvgIpc) is 3.04. The van der Waals surface area contributed by atoms with E-state index in [2.05, 4.69) is 10.1 Å². The molecule has 0 saturated heterocycles. The zero-order valence-electron chi connectivity index (χ0n) is 17.2. The van der Waals surface area contributed by atoms with E-state index < -0.39 is 23.9 Å². The third-order valence-corrected chi connectivity index (χ3v) is 4.83. The fourth-order valence-electron chi connectivity index (χ4n) is 3.37. The van der Waals surface area contributed by atoms with Crippen LogP contribution < -0.4 is 19.7 Å². The van der Waals surface area contributed by atoms with Gasteiger partial charge >= 0.3 is 6.36 Å². The minimum Gasteiger partial charge on any atom is -0.497 e. The standard InChI is InChI=1S/C24H17F3N2O4/c1-32-18-13-9-17(10-14-18)29-22(30)20(15-5-3-2-4-6-15)21(23(29)31)28-16-7-11-19(12-8-16)33-24(25,26)27/h2-14,28H,1H3. The van der Waals surface area contributed by atoms with Crippen LogP contribution in [0.15, 0.2) is 84.6 Å². The van der Waals surface area contributed by atoms with Gasteiger partial charge < -0.3 is 14.8 Å². The molecule has 0 fully saturated rings. The summed E-state index contributed by atoms with van der Waals surface area (Å²) in [6.07, 6.45) is -4.81. The van der Waals surface area contributed by atoms with Gasteiger partial charge in [-0.05, 0) is 54.1 Å². The maximum absolute atomic E-state index is 13.3. The molecule has 3 aromatic rings. The van der Waals surface area contributed by atoms with E-state index in [1.54, 1.807) is 54.6 Å². The molecule has 0 bridgehead atoms. The van der Waals surface area contributed by atoms with Crippen molar-refractivity contribution in [2.45, 2.75) is 6.36 Å². The number of carbonyl (C=O) groups is 2. The lowest BCUT2D eigenvalue weighted by Gasteiger charge is -2.16. The summed E-state index contributed by atoms with van der Waals surface area (Å²) in [5.41, 5.74) is 1.33. The van der Waals surface area contributed by atoms with E-state index >= 15 is 0 Å². The molecule has 4 rings (SSSR count). The minimum atomic E-state index is -4.81. The number of nitrogens with one attached hydrogen (secondary N) is 1. The molecule has 1 heterocycles. The predicted molar refractivity (Wildman–Crippen MR) is 116 cm³/mol. The van der Waals surface area contributed by atoms with Crippen LogP contribution in [0.3, 0.4) is 0 Å². The molecule has 0 aromatic heterocycles. The number of nitrogens with zero attached hydrogens (tertiary/aromatic N) is 1. The third-order valence-electron chi connectivity index (χ3n) is 4.83. The van der Waals surface area contributed by atoms with Crippen molar-refractivity contribution in [2.75, 3.05) is 17.3 Å². The number of benzene rings is 3. The molecule has 1 aliphatic rings. The molecule has 0 atom stereocenters. The Hall–Kier alpha value is -4.27. The second kappa shape index (κ2) is 8.70. The van der Waals surface area contributed by atoms with Gasteiger partial charge in [0.25, 0.3) is 11.8 Å². The Morgan fingerprint density at radius 1 is 0.788 bits per heavy atom. The highest BCUT2D eigenvalue weighted by Gasteiger charge is 2.40. The maximum atomic E-state index is 13.3. The van der Waals surface area contributed by atoms with Gasteiger partial charge in [0.2, 0.25) is 0 Å². The van der Waals surface area contributed by atoms with Crippen LogP contribution in [-0.2, 0) is 9.59 Å². The monoisotopic (exact) mass is 454 g/mol. The summed E-state index contributed by atoms with van der Waals surface area (Å²) in [4.78, 5) is 27.6. The van der Waals surface area contributed by atoms with Crippen molar-refractivity contribution in [3.8, 4) is 11.5 Å². The summed E-state index contributed by atoms with van der Waals surface area (Å²) in [7, 11) is 1.50. The molecule has 6 nitrogen and oxygen atoms in total. The average molecular weight is 454 g/mol. The van der Waals surface area contributed by atoms with Crippen molar-refractivity contribution in [1.29, 1.82) is 0 Å². The molecule has 2 amide bonds. The van der Waals surface area contributed by atoms with Crippen molar-refractivity contribution in [2.24, 2.45) is 0 Å². The molecule has 3 aromatic carbocycles.